The number of piperazine rings is 1. The lowest BCUT2D eigenvalue weighted by atomic mass is 10.1. The van der Waals surface area contributed by atoms with Crippen molar-refractivity contribution in [2.45, 2.75) is 51.3 Å². The molecule has 32 heavy (non-hydrogen) atoms. The molecule has 2 saturated heterocycles. The van der Waals surface area contributed by atoms with Gasteiger partial charge in [0.2, 0.25) is 5.88 Å². The van der Waals surface area contributed by atoms with E-state index < -0.39 is 5.60 Å². The highest BCUT2D eigenvalue weighted by molar-refractivity contribution is 5.80. The van der Waals surface area contributed by atoms with Gasteiger partial charge in [-0.15, -0.1) is 5.10 Å². The summed E-state index contributed by atoms with van der Waals surface area (Å²) in [6.45, 7) is 7.29. The summed E-state index contributed by atoms with van der Waals surface area (Å²) in [7, 11) is 1.58. The average Bonchev–Trinajstić information content (AvgIpc) is 3.31. The van der Waals surface area contributed by atoms with Gasteiger partial charge in [-0.3, -0.25) is 4.90 Å². The minimum atomic E-state index is -0.488. The van der Waals surface area contributed by atoms with Gasteiger partial charge in [0.25, 0.3) is 0 Å². The van der Waals surface area contributed by atoms with Crippen molar-refractivity contribution in [2.24, 2.45) is 0 Å². The molecule has 2 atom stereocenters. The normalized spacial score (nSPS) is 20.6. The third-order valence-corrected chi connectivity index (χ3v) is 6.09. The number of fused-ring (bicyclic) bond motifs is 3. The second-order valence-electron chi connectivity index (χ2n) is 9.44. The predicted molar refractivity (Wildman–Crippen MR) is 120 cm³/mol. The van der Waals surface area contributed by atoms with Gasteiger partial charge in [0, 0.05) is 42.7 Å². The van der Waals surface area contributed by atoms with E-state index in [9.17, 15) is 4.79 Å². The molecule has 0 aromatic carbocycles. The largest absolute Gasteiger partial charge is 0.480 e. The van der Waals surface area contributed by atoms with Crippen LogP contribution in [0.5, 0.6) is 5.88 Å². The van der Waals surface area contributed by atoms with Crippen LogP contribution >= 0.6 is 0 Å². The Morgan fingerprint density at radius 2 is 1.88 bits per heavy atom. The number of carbonyl (C=O) groups is 1. The molecule has 0 spiro atoms. The van der Waals surface area contributed by atoms with Crippen LogP contribution in [0.1, 0.15) is 33.6 Å². The SMILES string of the molecule is COc1cc(-c2cc3c(N4CC5CCC(C4)N5C(=O)OC(C)(C)C)ccnn3c2)cnn1. The number of hydrogen-bond donors (Lipinski definition) is 0. The number of ether oxygens (including phenoxy) is 2. The van der Waals surface area contributed by atoms with Gasteiger partial charge in [0.05, 0.1) is 36.6 Å². The Hall–Kier alpha value is -3.36. The summed E-state index contributed by atoms with van der Waals surface area (Å²) in [5, 5.41) is 12.5. The highest BCUT2D eigenvalue weighted by Gasteiger charge is 2.44. The monoisotopic (exact) mass is 436 g/mol. The van der Waals surface area contributed by atoms with Gasteiger partial charge in [-0.25, -0.2) is 9.31 Å². The van der Waals surface area contributed by atoms with Crippen molar-refractivity contribution in [1.82, 2.24) is 24.7 Å². The average molecular weight is 437 g/mol. The summed E-state index contributed by atoms with van der Waals surface area (Å²) in [5.41, 5.74) is 3.55. The zero-order valence-corrected chi connectivity index (χ0v) is 18.9. The number of anilines is 1. The number of methoxy groups -OCH3 is 1. The van der Waals surface area contributed by atoms with E-state index in [1.165, 1.54) is 0 Å². The summed E-state index contributed by atoms with van der Waals surface area (Å²) >= 11 is 0. The molecule has 2 fully saturated rings. The third kappa shape index (κ3) is 3.72. The van der Waals surface area contributed by atoms with Gasteiger partial charge >= 0.3 is 6.09 Å². The molecule has 2 aliphatic heterocycles. The van der Waals surface area contributed by atoms with E-state index >= 15 is 0 Å². The summed E-state index contributed by atoms with van der Waals surface area (Å²) in [6, 6.07) is 6.33. The zero-order valence-electron chi connectivity index (χ0n) is 18.9. The van der Waals surface area contributed by atoms with Crippen molar-refractivity contribution in [2.75, 3.05) is 25.1 Å². The van der Waals surface area contributed by atoms with Crippen LogP contribution in [0, 0.1) is 0 Å². The summed E-state index contributed by atoms with van der Waals surface area (Å²) in [6.07, 6.45) is 7.32. The van der Waals surface area contributed by atoms with Gasteiger partial charge in [-0.1, -0.05) is 0 Å². The molecule has 2 aliphatic rings. The van der Waals surface area contributed by atoms with E-state index in [2.05, 4.69) is 26.3 Å². The molecular weight excluding hydrogens is 408 g/mol. The van der Waals surface area contributed by atoms with Crippen molar-refractivity contribution in [3.05, 3.63) is 36.8 Å². The van der Waals surface area contributed by atoms with E-state index in [4.69, 9.17) is 9.47 Å². The fourth-order valence-electron chi connectivity index (χ4n) is 4.74. The Balaban J connectivity index is 1.42. The number of hydrogen-bond acceptors (Lipinski definition) is 7. The summed E-state index contributed by atoms with van der Waals surface area (Å²) in [4.78, 5) is 17.1. The van der Waals surface area contributed by atoms with Gasteiger partial charge in [0.15, 0.2) is 0 Å². The Morgan fingerprint density at radius 1 is 1.12 bits per heavy atom. The first kappa shape index (κ1) is 20.5. The minimum absolute atomic E-state index is 0.153. The van der Waals surface area contributed by atoms with E-state index in [0.717, 1.165) is 48.3 Å². The van der Waals surface area contributed by atoms with Crippen molar-refractivity contribution < 1.29 is 14.3 Å². The van der Waals surface area contributed by atoms with E-state index in [-0.39, 0.29) is 18.2 Å². The lowest BCUT2D eigenvalue weighted by Gasteiger charge is -2.42. The van der Waals surface area contributed by atoms with Crippen LogP contribution in [0.25, 0.3) is 16.6 Å². The fraction of sp³-hybridized carbons (Fsp3) is 0.478. The van der Waals surface area contributed by atoms with Crippen LogP contribution in [-0.4, -0.2) is 68.7 Å². The molecule has 1 amide bonds. The molecule has 0 saturated carbocycles. The third-order valence-electron chi connectivity index (χ3n) is 6.09. The van der Waals surface area contributed by atoms with Crippen LogP contribution < -0.4 is 9.64 Å². The molecule has 2 bridgehead atoms. The first-order valence-electron chi connectivity index (χ1n) is 10.9. The van der Waals surface area contributed by atoms with E-state index in [0.29, 0.717) is 5.88 Å². The standard InChI is InChI=1S/C23H28N6O3/c1-23(2,3)32-22(30)29-17-5-6-18(29)14-27(13-17)19-7-8-25-28-12-16(9-20(19)28)15-10-21(31-4)26-24-11-15/h7-12,17-18H,5-6,13-14H2,1-4H3. The quantitative estimate of drug-likeness (QED) is 0.622. The number of nitrogens with zero attached hydrogens (tertiary/aromatic N) is 6. The van der Waals surface area contributed by atoms with Crippen molar-refractivity contribution >= 4 is 17.3 Å². The summed E-state index contributed by atoms with van der Waals surface area (Å²) < 4.78 is 12.8. The number of carbonyl (C=O) groups excluding carboxylic acids is 1. The molecular formula is C23H28N6O3. The zero-order chi connectivity index (χ0) is 22.5. The highest BCUT2D eigenvalue weighted by Crippen LogP contribution is 2.36. The van der Waals surface area contributed by atoms with Crippen LogP contribution in [0.15, 0.2) is 36.8 Å². The first-order chi connectivity index (χ1) is 15.3. The maximum absolute atomic E-state index is 12.8. The number of rotatable bonds is 3. The number of amides is 1. The Kier molecular flexibility index (Phi) is 4.91. The highest BCUT2D eigenvalue weighted by atomic mass is 16.6. The minimum Gasteiger partial charge on any atom is -0.480 e. The van der Waals surface area contributed by atoms with Crippen molar-refractivity contribution in [1.29, 1.82) is 0 Å². The Bertz CT molecular complexity index is 1140. The molecule has 2 unspecified atom stereocenters. The molecule has 5 rings (SSSR count). The van der Waals surface area contributed by atoms with Crippen LogP contribution in [0.3, 0.4) is 0 Å². The Morgan fingerprint density at radius 3 is 2.56 bits per heavy atom. The number of aromatic nitrogens is 4. The lowest BCUT2D eigenvalue weighted by Crippen LogP contribution is -2.56. The molecule has 3 aromatic heterocycles. The van der Waals surface area contributed by atoms with Gasteiger partial charge in [-0.05, 0) is 45.7 Å². The van der Waals surface area contributed by atoms with Crippen molar-refractivity contribution in [3.63, 3.8) is 0 Å². The molecule has 0 radical (unpaired) electrons. The second-order valence-corrected chi connectivity index (χ2v) is 9.44. The van der Waals surface area contributed by atoms with Crippen LogP contribution in [0.2, 0.25) is 0 Å². The van der Waals surface area contributed by atoms with Gasteiger partial charge < -0.3 is 14.4 Å². The maximum Gasteiger partial charge on any atom is 0.410 e. The van der Waals surface area contributed by atoms with Crippen molar-refractivity contribution in [3.8, 4) is 17.0 Å². The second kappa shape index (κ2) is 7.65. The fourth-order valence-corrected chi connectivity index (χ4v) is 4.74. The van der Waals surface area contributed by atoms with Crippen LogP contribution in [-0.2, 0) is 4.74 Å². The molecule has 0 aliphatic carbocycles. The molecule has 168 valence electrons. The molecule has 5 heterocycles. The van der Waals surface area contributed by atoms with Gasteiger partial charge in [-0.2, -0.15) is 10.2 Å². The predicted octanol–water partition coefficient (Wildman–Crippen LogP) is 3.39. The Labute approximate surface area is 186 Å². The molecule has 0 N–H and O–H groups in total. The maximum atomic E-state index is 12.8. The molecule has 3 aromatic rings. The van der Waals surface area contributed by atoms with Crippen LogP contribution in [0.4, 0.5) is 10.5 Å². The lowest BCUT2D eigenvalue weighted by molar-refractivity contribution is 0.0123. The molecule has 9 heteroatoms. The first-order valence-corrected chi connectivity index (χ1v) is 10.9. The van der Waals surface area contributed by atoms with E-state index in [1.54, 1.807) is 13.3 Å². The topological polar surface area (TPSA) is 85.1 Å². The molecule has 9 nitrogen and oxygen atoms in total. The van der Waals surface area contributed by atoms with Gasteiger partial charge in [0.1, 0.15) is 5.60 Å². The smallest absolute Gasteiger partial charge is 0.410 e. The van der Waals surface area contributed by atoms with E-state index in [1.807, 2.05) is 54.7 Å². The summed E-state index contributed by atoms with van der Waals surface area (Å²) in [5.74, 6) is 0.473.